The van der Waals surface area contributed by atoms with Crippen molar-refractivity contribution in [3.8, 4) is 0 Å². The molecule has 0 unspecified atom stereocenters. The lowest BCUT2D eigenvalue weighted by atomic mass is 10.3. The number of carbonyl (C=O) groups excluding carboxylic acids is 2. The number of nitrogens with zero attached hydrogens (tertiary/aromatic N) is 1. The summed E-state index contributed by atoms with van der Waals surface area (Å²) in [6, 6.07) is 3.84. The number of aromatic nitrogens is 1. The highest BCUT2D eigenvalue weighted by molar-refractivity contribution is 7.17. The van der Waals surface area contributed by atoms with E-state index in [1.54, 1.807) is 11.3 Å². The number of nitrogens with one attached hydrogen (secondary N) is 2. The van der Waals surface area contributed by atoms with Gasteiger partial charge in [0.2, 0.25) is 5.91 Å². The largest absolute Gasteiger partial charge is 0.351 e. The van der Waals surface area contributed by atoms with E-state index in [2.05, 4.69) is 10.3 Å². The van der Waals surface area contributed by atoms with Crippen molar-refractivity contribution in [1.82, 2.24) is 15.2 Å². The lowest BCUT2D eigenvalue weighted by molar-refractivity contribution is -0.127. The molecule has 0 bridgehead atoms. The predicted octanol–water partition coefficient (Wildman–Crippen LogP) is 1.97. The Bertz CT molecular complexity index is 603. The van der Waals surface area contributed by atoms with E-state index >= 15 is 0 Å². The van der Waals surface area contributed by atoms with Gasteiger partial charge in [0.05, 0.1) is 10.2 Å². The Morgan fingerprint density at radius 3 is 3.15 bits per heavy atom. The van der Waals surface area contributed by atoms with Crippen molar-refractivity contribution in [1.29, 1.82) is 0 Å². The second-order valence-electron chi connectivity index (χ2n) is 4.98. The summed E-state index contributed by atoms with van der Waals surface area (Å²) in [6.45, 7) is 2.19. The van der Waals surface area contributed by atoms with Crippen LogP contribution in [0, 0.1) is 0 Å². The average Bonchev–Trinajstić information content (AvgIpc) is 3.09. The normalized spacial score (nSPS) is 15.2. The van der Waals surface area contributed by atoms with Crippen LogP contribution < -0.4 is 5.32 Å². The highest BCUT2D eigenvalue weighted by Crippen LogP contribution is 2.21. The van der Waals surface area contributed by atoms with E-state index in [9.17, 15) is 9.59 Å². The van der Waals surface area contributed by atoms with Crippen LogP contribution in [0.3, 0.4) is 0 Å². The van der Waals surface area contributed by atoms with E-state index in [0.717, 1.165) is 36.1 Å². The third-order valence-corrected chi connectivity index (χ3v) is 4.41. The van der Waals surface area contributed by atoms with Crippen molar-refractivity contribution in [2.24, 2.45) is 0 Å². The minimum absolute atomic E-state index is 0.0823. The topological polar surface area (TPSA) is 65.2 Å². The Morgan fingerprint density at radius 1 is 1.50 bits per heavy atom. The van der Waals surface area contributed by atoms with Gasteiger partial charge >= 0.3 is 0 Å². The van der Waals surface area contributed by atoms with Crippen molar-refractivity contribution < 1.29 is 9.59 Å². The molecule has 2 amide bonds. The number of amides is 2. The van der Waals surface area contributed by atoms with Gasteiger partial charge in [-0.05, 0) is 30.4 Å². The van der Waals surface area contributed by atoms with Crippen molar-refractivity contribution in [3.05, 3.63) is 23.2 Å². The van der Waals surface area contributed by atoms with Crippen LogP contribution in [0.1, 0.15) is 29.8 Å². The Balaban J connectivity index is 1.45. The average molecular weight is 291 g/mol. The van der Waals surface area contributed by atoms with Gasteiger partial charge in [0, 0.05) is 26.1 Å². The van der Waals surface area contributed by atoms with E-state index in [4.69, 9.17) is 0 Å². The number of thiophene rings is 1. The molecule has 2 N–H and O–H groups in total. The number of hydrogen-bond donors (Lipinski definition) is 2. The molecule has 0 atom stereocenters. The zero-order valence-corrected chi connectivity index (χ0v) is 12.0. The lowest BCUT2D eigenvalue weighted by Crippen LogP contribution is -2.30. The molecule has 5 nitrogen and oxygen atoms in total. The molecule has 1 aliphatic heterocycles. The van der Waals surface area contributed by atoms with Gasteiger partial charge in [-0.15, -0.1) is 11.3 Å². The van der Waals surface area contributed by atoms with Crippen molar-refractivity contribution in [2.75, 3.05) is 19.6 Å². The number of rotatable bonds is 5. The highest BCUT2D eigenvalue weighted by atomic mass is 32.1. The third-order valence-electron chi connectivity index (χ3n) is 3.55. The molecule has 3 rings (SSSR count). The lowest BCUT2D eigenvalue weighted by Gasteiger charge is -2.15. The molecule has 3 heterocycles. The monoisotopic (exact) mass is 291 g/mol. The van der Waals surface area contributed by atoms with Crippen LogP contribution in [-0.4, -0.2) is 41.3 Å². The van der Waals surface area contributed by atoms with Crippen molar-refractivity contribution in [3.63, 3.8) is 0 Å². The number of carbonyl (C=O) groups is 2. The smallest absolute Gasteiger partial charge is 0.267 e. The van der Waals surface area contributed by atoms with Crippen LogP contribution >= 0.6 is 11.3 Å². The summed E-state index contributed by atoms with van der Waals surface area (Å²) >= 11 is 1.62. The summed E-state index contributed by atoms with van der Waals surface area (Å²) in [5.74, 6) is 0.155. The zero-order chi connectivity index (χ0) is 13.9. The van der Waals surface area contributed by atoms with Gasteiger partial charge in [-0.3, -0.25) is 9.59 Å². The van der Waals surface area contributed by atoms with Crippen molar-refractivity contribution in [2.45, 2.75) is 19.3 Å². The number of fused-ring (bicyclic) bond motifs is 1. The number of H-pyrrole nitrogens is 1. The van der Waals surface area contributed by atoms with E-state index < -0.39 is 0 Å². The summed E-state index contributed by atoms with van der Waals surface area (Å²) in [6.07, 6.45) is 2.43. The van der Waals surface area contributed by atoms with Gasteiger partial charge in [0.25, 0.3) is 5.91 Å². The molecule has 1 saturated heterocycles. The first-order valence-electron chi connectivity index (χ1n) is 6.86. The van der Waals surface area contributed by atoms with E-state index in [1.807, 2.05) is 22.4 Å². The van der Waals surface area contributed by atoms with Crippen LogP contribution in [0.25, 0.3) is 10.2 Å². The SMILES string of the molecule is O=C(NCCCN1CCCC1=O)c1cc2sccc2[nH]1. The van der Waals surface area contributed by atoms with Gasteiger partial charge in [0.15, 0.2) is 0 Å². The summed E-state index contributed by atoms with van der Waals surface area (Å²) < 4.78 is 1.10. The first kappa shape index (κ1) is 13.2. The molecule has 6 heteroatoms. The Morgan fingerprint density at radius 2 is 2.40 bits per heavy atom. The van der Waals surface area contributed by atoms with Crippen LogP contribution in [0.2, 0.25) is 0 Å². The van der Waals surface area contributed by atoms with Crippen molar-refractivity contribution >= 4 is 33.4 Å². The predicted molar refractivity (Wildman–Crippen MR) is 78.9 cm³/mol. The molecular weight excluding hydrogens is 274 g/mol. The maximum absolute atomic E-state index is 12.0. The summed E-state index contributed by atoms with van der Waals surface area (Å²) in [4.78, 5) is 28.4. The highest BCUT2D eigenvalue weighted by Gasteiger charge is 2.19. The number of likely N-dealkylation sites (tertiary alicyclic amines) is 1. The first-order chi connectivity index (χ1) is 9.74. The Kier molecular flexibility index (Phi) is 3.73. The second kappa shape index (κ2) is 5.66. The minimum Gasteiger partial charge on any atom is -0.351 e. The molecule has 1 aliphatic rings. The molecule has 106 valence electrons. The summed E-state index contributed by atoms with van der Waals surface area (Å²) in [5.41, 5.74) is 1.60. The van der Waals surface area contributed by atoms with Crippen LogP contribution in [0.4, 0.5) is 0 Å². The fourth-order valence-electron chi connectivity index (χ4n) is 2.48. The third kappa shape index (κ3) is 2.70. The molecule has 0 spiro atoms. The molecule has 0 radical (unpaired) electrons. The molecule has 0 aliphatic carbocycles. The zero-order valence-electron chi connectivity index (χ0n) is 11.1. The fraction of sp³-hybridized carbons (Fsp3) is 0.429. The van der Waals surface area contributed by atoms with Crippen LogP contribution in [0.5, 0.6) is 0 Å². The van der Waals surface area contributed by atoms with Crippen LogP contribution in [0.15, 0.2) is 17.5 Å². The maximum Gasteiger partial charge on any atom is 0.267 e. The maximum atomic E-state index is 12.0. The van der Waals surface area contributed by atoms with Gasteiger partial charge in [-0.1, -0.05) is 0 Å². The fourth-order valence-corrected chi connectivity index (χ4v) is 3.26. The summed E-state index contributed by atoms with van der Waals surface area (Å²) in [7, 11) is 0. The number of hydrogen-bond acceptors (Lipinski definition) is 3. The standard InChI is InChI=1S/C14H17N3O2S/c18-13-3-1-6-17(13)7-2-5-15-14(19)11-9-12-10(16-11)4-8-20-12/h4,8-9,16H,1-3,5-7H2,(H,15,19). The summed E-state index contributed by atoms with van der Waals surface area (Å²) in [5, 5.41) is 4.88. The second-order valence-corrected chi connectivity index (χ2v) is 5.92. The van der Waals surface area contributed by atoms with Gasteiger partial charge < -0.3 is 15.2 Å². The Labute approximate surface area is 121 Å². The number of aromatic amines is 1. The van der Waals surface area contributed by atoms with E-state index in [0.29, 0.717) is 18.7 Å². The molecule has 2 aromatic rings. The quantitative estimate of drug-likeness (QED) is 0.827. The molecule has 0 saturated carbocycles. The Hall–Kier alpha value is -1.82. The molecular formula is C14H17N3O2S. The first-order valence-corrected chi connectivity index (χ1v) is 7.74. The molecule has 2 aromatic heterocycles. The minimum atomic E-state index is -0.0823. The molecule has 1 fully saturated rings. The van der Waals surface area contributed by atoms with E-state index in [1.165, 1.54) is 0 Å². The van der Waals surface area contributed by atoms with Gasteiger partial charge in [-0.2, -0.15) is 0 Å². The van der Waals surface area contributed by atoms with Gasteiger partial charge in [-0.25, -0.2) is 0 Å². The van der Waals surface area contributed by atoms with Gasteiger partial charge in [0.1, 0.15) is 5.69 Å². The van der Waals surface area contributed by atoms with E-state index in [-0.39, 0.29) is 11.8 Å². The molecule has 0 aromatic carbocycles. The molecule has 20 heavy (non-hydrogen) atoms. The van der Waals surface area contributed by atoms with Crippen LogP contribution in [-0.2, 0) is 4.79 Å².